The van der Waals surface area contributed by atoms with E-state index in [4.69, 9.17) is 4.74 Å². The van der Waals surface area contributed by atoms with Crippen molar-refractivity contribution in [3.63, 3.8) is 0 Å². The van der Waals surface area contributed by atoms with E-state index in [1.54, 1.807) is 12.1 Å². The van der Waals surface area contributed by atoms with Crippen LogP contribution in [0.2, 0.25) is 0 Å². The van der Waals surface area contributed by atoms with Crippen LogP contribution in [-0.4, -0.2) is 42.5 Å². The quantitative estimate of drug-likeness (QED) is 0.260. The lowest BCUT2D eigenvalue weighted by atomic mass is 9.76. The molecule has 0 saturated heterocycles. The van der Waals surface area contributed by atoms with E-state index in [2.05, 4.69) is 78.5 Å². The third-order valence-corrected chi connectivity index (χ3v) is 7.12. The minimum absolute atomic E-state index is 0.0737. The standard InChI is InChI=1S/C34H45NO4/c1-9-35(10-2)31-28(33(3,4)5)21-26(22-29(31)34(6,7)8)27-20-25(16-17-30(27)39-19-11-18-36)23-12-14-24(15-13-23)32(37)38/h12-17,20-22,36H,9-11,18-19H2,1-8H3,(H,37,38). The highest BCUT2D eigenvalue weighted by molar-refractivity contribution is 5.88. The zero-order valence-electron chi connectivity index (χ0n) is 24.9. The molecule has 0 aliphatic carbocycles. The smallest absolute Gasteiger partial charge is 0.335 e. The fraction of sp³-hybridized carbons (Fsp3) is 0.441. The minimum atomic E-state index is -0.937. The number of carboxylic acid groups (broad SMARTS) is 1. The summed E-state index contributed by atoms with van der Waals surface area (Å²) in [5.41, 5.74) is 7.99. The van der Waals surface area contributed by atoms with Gasteiger partial charge in [0.15, 0.2) is 0 Å². The Kier molecular flexibility index (Phi) is 9.50. The van der Waals surface area contributed by atoms with E-state index in [0.29, 0.717) is 13.0 Å². The van der Waals surface area contributed by atoms with Crippen LogP contribution in [0.3, 0.4) is 0 Å². The minimum Gasteiger partial charge on any atom is -0.493 e. The van der Waals surface area contributed by atoms with Gasteiger partial charge in [-0.1, -0.05) is 59.7 Å². The second-order valence-corrected chi connectivity index (χ2v) is 12.1. The number of carboxylic acids is 1. The zero-order valence-corrected chi connectivity index (χ0v) is 24.9. The lowest BCUT2D eigenvalue weighted by Crippen LogP contribution is -2.30. The normalized spacial score (nSPS) is 11.9. The molecule has 0 aliphatic rings. The predicted molar refractivity (Wildman–Crippen MR) is 162 cm³/mol. The first kappa shape index (κ1) is 30.2. The van der Waals surface area contributed by atoms with Crippen molar-refractivity contribution in [2.24, 2.45) is 0 Å². The van der Waals surface area contributed by atoms with Crippen LogP contribution in [0.1, 0.15) is 83.3 Å². The summed E-state index contributed by atoms with van der Waals surface area (Å²) in [6.45, 7) is 20.4. The first-order valence-electron chi connectivity index (χ1n) is 14.0. The van der Waals surface area contributed by atoms with Crippen molar-refractivity contribution in [2.75, 3.05) is 31.2 Å². The van der Waals surface area contributed by atoms with Gasteiger partial charge in [0.25, 0.3) is 0 Å². The molecule has 0 spiro atoms. The lowest BCUT2D eigenvalue weighted by molar-refractivity contribution is 0.0697. The van der Waals surface area contributed by atoms with Gasteiger partial charge in [-0.15, -0.1) is 0 Å². The zero-order chi connectivity index (χ0) is 29.0. The average molecular weight is 532 g/mol. The van der Waals surface area contributed by atoms with Gasteiger partial charge < -0.3 is 19.8 Å². The summed E-state index contributed by atoms with van der Waals surface area (Å²) in [6, 6.07) is 17.7. The van der Waals surface area contributed by atoms with Crippen molar-refractivity contribution >= 4 is 11.7 Å². The molecule has 0 amide bonds. The Morgan fingerprint density at radius 1 is 0.795 bits per heavy atom. The Labute approximate surface area is 234 Å². The van der Waals surface area contributed by atoms with E-state index in [-0.39, 0.29) is 23.0 Å². The molecule has 0 unspecified atom stereocenters. The van der Waals surface area contributed by atoms with Crippen LogP contribution < -0.4 is 9.64 Å². The van der Waals surface area contributed by atoms with Crippen LogP contribution in [0.4, 0.5) is 5.69 Å². The molecule has 0 atom stereocenters. The molecule has 3 aromatic carbocycles. The molecule has 0 aliphatic heterocycles. The maximum Gasteiger partial charge on any atom is 0.335 e. The first-order chi connectivity index (χ1) is 18.3. The number of rotatable bonds is 10. The second-order valence-electron chi connectivity index (χ2n) is 12.1. The summed E-state index contributed by atoms with van der Waals surface area (Å²) >= 11 is 0. The number of anilines is 1. The number of carbonyl (C=O) groups is 1. The number of aliphatic hydroxyl groups is 1. The maximum absolute atomic E-state index is 11.4. The highest BCUT2D eigenvalue weighted by atomic mass is 16.5. The Morgan fingerprint density at radius 3 is 1.79 bits per heavy atom. The molecular weight excluding hydrogens is 486 g/mol. The van der Waals surface area contributed by atoms with Gasteiger partial charge in [-0.05, 0) is 88.9 Å². The van der Waals surface area contributed by atoms with Crippen LogP contribution >= 0.6 is 0 Å². The number of hydrogen-bond donors (Lipinski definition) is 2. The van der Waals surface area contributed by atoms with E-state index >= 15 is 0 Å². The molecule has 39 heavy (non-hydrogen) atoms. The molecule has 3 aromatic rings. The van der Waals surface area contributed by atoms with Crippen LogP contribution in [-0.2, 0) is 10.8 Å². The number of hydrogen-bond acceptors (Lipinski definition) is 4. The number of aromatic carboxylic acids is 1. The SMILES string of the molecule is CCN(CC)c1c(C(C)(C)C)cc(-c2cc(-c3ccc(C(=O)O)cc3)ccc2OCCCO)cc1C(C)(C)C. The maximum atomic E-state index is 11.4. The van der Waals surface area contributed by atoms with Gasteiger partial charge in [-0.3, -0.25) is 0 Å². The van der Waals surface area contributed by atoms with Crippen molar-refractivity contribution in [2.45, 2.75) is 72.6 Å². The van der Waals surface area contributed by atoms with Gasteiger partial charge in [0.1, 0.15) is 5.75 Å². The van der Waals surface area contributed by atoms with Gasteiger partial charge in [0.05, 0.1) is 12.2 Å². The molecule has 0 aromatic heterocycles. The Bertz CT molecular complexity index is 1240. The van der Waals surface area contributed by atoms with Gasteiger partial charge in [0, 0.05) is 37.4 Å². The second kappa shape index (κ2) is 12.3. The van der Waals surface area contributed by atoms with Gasteiger partial charge in [-0.2, -0.15) is 0 Å². The molecule has 0 bridgehead atoms. The van der Waals surface area contributed by atoms with Crippen LogP contribution in [0.15, 0.2) is 54.6 Å². The van der Waals surface area contributed by atoms with E-state index in [9.17, 15) is 15.0 Å². The van der Waals surface area contributed by atoms with E-state index < -0.39 is 5.97 Å². The van der Waals surface area contributed by atoms with Crippen molar-refractivity contribution in [1.29, 1.82) is 0 Å². The summed E-state index contributed by atoms with van der Waals surface area (Å²) in [7, 11) is 0. The average Bonchev–Trinajstić information content (AvgIpc) is 2.88. The fourth-order valence-electron chi connectivity index (χ4n) is 4.93. The molecular formula is C34H45NO4. The molecule has 0 fully saturated rings. The lowest BCUT2D eigenvalue weighted by Gasteiger charge is -2.36. The van der Waals surface area contributed by atoms with Crippen LogP contribution in [0.25, 0.3) is 22.3 Å². The van der Waals surface area contributed by atoms with Crippen molar-refractivity contribution in [3.05, 3.63) is 71.3 Å². The fourth-order valence-corrected chi connectivity index (χ4v) is 4.93. The van der Waals surface area contributed by atoms with Gasteiger partial charge in [0.2, 0.25) is 0 Å². The molecule has 210 valence electrons. The molecule has 2 N–H and O–H groups in total. The molecule has 0 heterocycles. The predicted octanol–water partition coefficient (Wildman–Crippen LogP) is 7.92. The third-order valence-electron chi connectivity index (χ3n) is 7.12. The summed E-state index contributed by atoms with van der Waals surface area (Å²) in [4.78, 5) is 13.8. The van der Waals surface area contributed by atoms with Crippen molar-refractivity contribution in [3.8, 4) is 28.0 Å². The number of nitrogens with zero attached hydrogens (tertiary/aromatic N) is 1. The monoisotopic (exact) mass is 531 g/mol. The van der Waals surface area contributed by atoms with Crippen molar-refractivity contribution in [1.82, 2.24) is 0 Å². The van der Waals surface area contributed by atoms with Gasteiger partial charge >= 0.3 is 5.97 Å². The molecule has 3 rings (SSSR count). The Hall–Kier alpha value is -3.31. The molecule has 5 heteroatoms. The van der Waals surface area contributed by atoms with E-state index in [1.165, 1.54) is 16.8 Å². The van der Waals surface area contributed by atoms with E-state index in [1.807, 2.05) is 24.3 Å². The molecule has 5 nitrogen and oxygen atoms in total. The van der Waals surface area contributed by atoms with Gasteiger partial charge in [-0.25, -0.2) is 4.79 Å². The molecule has 0 saturated carbocycles. The number of aliphatic hydroxyl groups excluding tert-OH is 1. The molecule has 0 radical (unpaired) electrons. The summed E-state index contributed by atoms with van der Waals surface area (Å²) in [5, 5.41) is 18.7. The van der Waals surface area contributed by atoms with E-state index in [0.717, 1.165) is 41.1 Å². The third kappa shape index (κ3) is 7.02. The number of benzene rings is 3. The van der Waals surface area contributed by atoms with Crippen LogP contribution in [0, 0.1) is 0 Å². The summed E-state index contributed by atoms with van der Waals surface area (Å²) in [5.74, 6) is -0.169. The highest BCUT2D eigenvalue weighted by Gasteiger charge is 2.29. The Morgan fingerprint density at radius 2 is 1.33 bits per heavy atom. The van der Waals surface area contributed by atoms with Crippen molar-refractivity contribution < 1.29 is 19.7 Å². The summed E-state index contributed by atoms with van der Waals surface area (Å²) < 4.78 is 6.20. The van der Waals surface area contributed by atoms with Crippen LogP contribution in [0.5, 0.6) is 5.75 Å². The first-order valence-corrected chi connectivity index (χ1v) is 14.0. The topological polar surface area (TPSA) is 70.0 Å². The highest BCUT2D eigenvalue weighted by Crippen LogP contribution is 2.45. The summed E-state index contributed by atoms with van der Waals surface area (Å²) in [6.07, 6.45) is 0.555. The Balaban J connectivity index is 2.32. The largest absolute Gasteiger partial charge is 0.493 e. The number of ether oxygens (including phenoxy) is 1.